The molecule has 2 rings (SSSR count). The molecule has 1 saturated heterocycles. The smallest absolute Gasteiger partial charge is 0.349 e. The minimum Gasteiger partial charge on any atom is -0.451 e. The molecule has 134 valence electrons. The van der Waals surface area contributed by atoms with Crippen LogP contribution < -0.4 is 0 Å². The fourth-order valence-corrected chi connectivity index (χ4v) is 5.27. The molecule has 24 heavy (non-hydrogen) atoms. The van der Waals surface area contributed by atoms with E-state index >= 15 is 0 Å². The second-order valence-electron chi connectivity index (χ2n) is 6.01. The normalized spacial score (nSPS) is 19.2. The quantitative estimate of drug-likeness (QED) is 0.683. The number of nitrogens with zero attached hydrogens (tertiary/aromatic N) is 1. The van der Waals surface area contributed by atoms with Crippen LogP contribution in [0.15, 0.2) is 11.4 Å². The van der Waals surface area contributed by atoms with Crippen molar-refractivity contribution in [3.63, 3.8) is 0 Å². The number of aryl methyl sites for hydroxylation is 1. The number of rotatable bonds is 7. The molecule has 0 radical (unpaired) electrons. The zero-order valence-corrected chi connectivity index (χ0v) is 15.6. The Morgan fingerprint density at radius 3 is 2.71 bits per heavy atom. The fourth-order valence-electron chi connectivity index (χ4n) is 2.72. The van der Waals surface area contributed by atoms with E-state index in [-0.39, 0.29) is 30.1 Å². The van der Waals surface area contributed by atoms with Crippen LogP contribution in [0.25, 0.3) is 0 Å². The third kappa shape index (κ3) is 4.80. The predicted octanol–water partition coefficient (Wildman–Crippen LogP) is 2.03. The molecule has 0 aliphatic carbocycles. The van der Waals surface area contributed by atoms with Crippen molar-refractivity contribution in [1.29, 1.82) is 0 Å². The zero-order valence-electron chi connectivity index (χ0n) is 14.0. The van der Waals surface area contributed by atoms with Crippen LogP contribution in [0.4, 0.5) is 0 Å². The van der Waals surface area contributed by atoms with E-state index in [1.165, 1.54) is 11.3 Å². The van der Waals surface area contributed by atoms with Crippen LogP contribution >= 0.6 is 11.3 Å². The van der Waals surface area contributed by atoms with Gasteiger partial charge in [-0.25, -0.2) is 13.2 Å². The SMILES string of the molecule is CCCCN(C(=O)COC(=O)c1sccc1C)C1CCS(=O)(=O)C1. The Morgan fingerprint density at radius 1 is 1.42 bits per heavy atom. The van der Waals surface area contributed by atoms with Crippen LogP contribution in [0.3, 0.4) is 0 Å². The van der Waals surface area contributed by atoms with E-state index < -0.39 is 15.8 Å². The van der Waals surface area contributed by atoms with Crippen LogP contribution in [0, 0.1) is 6.92 Å². The third-order valence-electron chi connectivity index (χ3n) is 4.10. The molecule has 0 saturated carbocycles. The van der Waals surface area contributed by atoms with Gasteiger partial charge in [-0.05, 0) is 36.8 Å². The summed E-state index contributed by atoms with van der Waals surface area (Å²) in [6.07, 6.45) is 2.15. The maximum atomic E-state index is 12.5. The molecule has 0 spiro atoms. The van der Waals surface area contributed by atoms with Crippen LogP contribution in [0.1, 0.15) is 41.4 Å². The molecule has 1 atom stereocenters. The number of carbonyl (C=O) groups excluding carboxylic acids is 2. The lowest BCUT2D eigenvalue weighted by Crippen LogP contribution is -2.43. The highest BCUT2D eigenvalue weighted by Crippen LogP contribution is 2.20. The van der Waals surface area contributed by atoms with Gasteiger partial charge in [0.2, 0.25) is 0 Å². The number of hydrogen-bond donors (Lipinski definition) is 0. The third-order valence-corrected chi connectivity index (χ3v) is 6.84. The average molecular weight is 373 g/mol. The summed E-state index contributed by atoms with van der Waals surface area (Å²) < 4.78 is 28.5. The Morgan fingerprint density at radius 2 is 2.17 bits per heavy atom. The number of carbonyl (C=O) groups is 2. The first-order valence-electron chi connectivity index (χ1n) is 8.05. The van der Waals surface area contributed by atoms with E-state index in [1.807, 2.05) is 19.9 Å². The molecule has 1 aliphatic rings. The predicted molar refractivity (Wildman–Crippen MR) is 93.0 cm³/mol. The van der Waals surface area contributed by atoms with Gasteiger partial charge in [0.1, 0.15) is 4.88 Å². The molecule has 6 nitrogen and oxygen atoms in total. The minimum atomic E-state index is -3.07. The van der Waals surface area contributed by atoms with Crippen LogP contribution in [-0.2, 0) is 19.4 Å². The van der Waals surface area contributed by atoms with Crippen molar-refractivity contribution < 1.29 is 22.7 Å². The second kappa shape index (κ2) is 8.11. The largest absolute Gasteiger partial charge is 0.451 e. The van der Waals surface area contributed by atoms with Crippen LogP contribution in [-0.4, -0.2) is 55.9 Å². The number of unbranched alkanes of at least 4 members (excludes halogenated alkanes) is 1. The summed E-state index contributed by atoms with van der Waals surface area (Å²) in [5.74, 6) is -0.721. The summed E-state index contributed by atoms with van der Waals surface area (Å²) >= 11 is 1.28. The average Bonchev–Trinajstić information content (AvgIpc) is 3.10. The van der Waals surface area contributed by atoms with Gasteiger partial charge in [-0.3, -0.25) is 4.79 Å². The lowest BCUT2D eigenvalue weighted by molar-refractivity contribution is -0.136. The van der Waals surface area contributed by atoms with E-state index in [2.05, 4.69) is 0 Å². The number of sulfone groups is 1. The lowest BCUT2D eigenvalue weighted by Gasteiger charge is -2.28. The molecule has 8 heteroatoms. The van der Waals surface area contributed by atoms with Gasteiger partial charge in [-0.1, -0.05) is 13.3 Å². The standard InChI is InChI=1S/C16H23NO5S2/c1-3-4-7-17(13-6-9-24(20,21)11-13)14(18)10-22-16(19)15-12(2)5-8-23-15/h5,8,13H,3-4,6-7,9-11H2,1-2H3. The summed E-state index contributed by atoms with van der Waals surface area (Å²) in [5, 5.41) is 1.80. The second-order valence-corrected chi connectivity index (χ2v) is 9.15. The van der Waals surface area contributed by atoms with Gasteiger partial charge in [-0.2, -0.15) is 0 Å². The summed E-state index contributed by atoms with van der Waals surface area (Å²) in [7, 11) is -3.07. The molecule has 1 fully saturated rings. The van der Waals surface area contributed by atoms with Gasteiger partial charge in [0, 0.05) is 12.6 Å². The molecule has 1 aromatic heterocycles. The first kappa shape index (κ1) is 18.9. The monoisotopic (exact) mass is 373 g/mol. The van der Waals surface area contributed by atoms with Crippen molar-refractivity contribution in [3.8, 4) is 0 Å². The number of esters is 1. The van der Waals surface area contributed by atoms with Crippen molar-refractivity contribution in [1.82, 2.24) is 4.90 Å². The Bertz CT molecular complexity index is 695. The fraction of sp³-hybridized carbons (Fsp3) is 0.625. The van der Waals surface area contributed by atoms with E-state index in [0.29, 0.717) is 17.8 Å². The minimum absolute atomic E-state index is 0.000430. The Kier molecular flexibility index (Phi) is 6.40. The number of hydrogen-bond acceptors (Lipinski definition) is 6. The molecule has 0 N–H and O–H groups in total. The molecule has 0 bridgehead atoms. The highest BCUT2D eigenvalue weighted by Gasteiger charge is 2.34. The van der Waals surface area contributed by atoms with E-state index in [0.717, 1.165) is 18.4 Å². The number of amides is 1. The molecular formula is C16H23NO5S2. The Labute approximate surface area is 146 Å². The maximum absolute atomic E-state index is 12.5. The van der Waals surface area contributed by atoms with E-state index in [9.17, 15) is 18.0 Å². The van der Waals surface area contributed by atoms with Crippen LogP contribution in [0.2, 0.25) is 0 Å². The van der Waals surface area contributed by atoms with Gasteiger partial charge in [0.15, 0.2) is 16.4 Å². The molecule has 1 unspecified atom stereocenters. The molecule has 0 aromatic carbocycles. The van der Waals surface area contributed by atoms with Gasteiger partial charge >= 0.3 is 5.97 Å². The van der Waals surface area contributed by atoms with Crippen molar-refractivity contribution in [2.24, 2.45) is 0 Å². The Balaban J connectivity index is 1.97. The van der Waals surface area contributed by atoms with E-state index in [1.54, 1.807) is 10.3 Å². The summed E-state index contributed by atoms with van der Waals surface area (Å²) in [6.45, 7) is 3.96. The van der Waals surface area contributed by atoms with E-state index in [4.69, 9.17) is 4.74 Å². The molecule has 2 heterocycles. The summed E-state index contributed by atoms with van der Waals surface area (Å²) in [5.41, 5.74) is 0.821. The molecule has 1 aliphatic heterocycles. The van der Waals surface area contributed by atoms with Gasteiger partial charge in [0.05, 0.1) is 11.5 Å². The van der Waals surface area contributed by atoms with Crippen molar-refractivity contribution in [2.45, 2.75) is 39.2 Å². The first-order chi connectivity index (χ1) is 11.3. The van der Waals surface area contributed by atoms with Crippen molar-refractivity contribution in [3.05, 3.63) is 21.9 Å². The number of ether oxygens (including phenoxy) is 1. The molecule has 1 aromatic rings. The summed E-state index contributed by atoms with van der Waals surface area (Å²) in [6, 6.07) is 1.51. The maximum Gasteiger partial charge on any atom is 0.349 e. The van der Waals surface area contributed by atoms with Crippen molar-refractivity contribution in [2.75, 3.05) is 24.7 Å². The van der Waals surface area contributed by atoms with Crippen LogP contribution in [0.5, 0.6) is 0 Å². The highest BCUT2D eigenvalue weighted by molar-refractivity contribution is 7.91. The number of thiophene rings is 1. The molecular weight excluding hydrogens is 350 g/mol. The molecule has 1 amide bonds. The highest BCUT2D eigenvalue weighted by atomic mass is 32.2. The van der Waals surface area contributed by atoms with Crippen molar-refractivity contribution >= 4 is 33.1 Å². The van der Waals surface area contributed by atoms with Gasteiger partial charge < -0.3 is 9.64 Å². The Hall–Kier alpha value is -1.41. The van der Waals surface area contributed by atoms with Gasteiger partial charge in [0.25, 0.3) is 5.91 Å². The van der Waals surface area contributed by atoms with Gasteiger partial charge in [-0.15, -0.1) is 11.3 Å². The topological polar surface area (TPSA) is 80.8 Å². The summed E-state index contributed by atoms with van der Waals surface area (Å²) in [4.78, 5) is 26.5. The zero-order chi connectivity index (χ0) is 17.7. The lowest BCUT2D eigenvalue weighted by atomic mass is 10.2. The first-order valence-corrected chi connectivity index (χ1v) is 10.7.